The van der Waals surface area contributed by atoms with E-state index in [9.17, 15) is 4.79 Å². The Morgan fingerprint density at radius 2 is 2.00 bits per heavy atom. The molecule has 0 spiro atoms. The van der Waals surface area contributed by atoms with Gasteiger partial charge in [0.15, 0.2) is 5.69 Å². The Labute approximate surface area is 136 Å². The number of hydrogen-bond donors (Lipinski definition) is 1. The van der Waals surface area contributed by atoms with E-state index < -0.39 is 0 Å². The van der Waals surface area contributed by atoms with Gasteiger partial charge in [-0.25, -0.2) is 0 Å². The van der Waals surface area contributed by atoms with Crippen molar-refractivity contribution in [3.63, 3.8) is 0 Å². The third-order valence-electron chi connectivity index (χ3n) is 4.56. The van der Waals surface area contributed by atoms with Crippen LogP contribution >= 0.6 is 0 Å². The van der Waals surface area contributed by atoms with Crippen LogP contribution in [-0.2, 0) is 0 Å². The Morgan fingerprint density at radius 3 is 2.74 bits per heavy atom. The Bertz CT molecular complexity index is 730. The maximum absolute atomic E-state index is 13.0. The van der Waals surface area contributed by atoms with Crippen LogP contribution < -0.4 is 5.73 Å². The molecule has 0 aliphatic carbocycles. The summed E-state index contributed by atoms with van der Waals surface area (Å²) < 4.78 is 0. The van der Waals surface area contributed by atoms with Crippen LogP contribution in [0.1, 0.15) is 24.3 Å². The fourth-order valence-electron chi connectivity index (χ4n) is 3.14. The number of amides is 1. The van der Waals surface area contributed by atoms with Gasteiger partial charge < -0.3 is 15.5 Å². The molecule has 1 aromatic heterocycles. The van der Waals surface area contributed by atoms with Gasteiger partial charge in [0.05, 0.1) is 11.2 Å². The van der Waals surface area contributed by atoms with E-state index in [0.717, 1.165) is 18.5 Å². The zero-order valence-corrected chi connectivity index (χ0v) is 13.9. The number of likely N-dealkylation sites (N-methyl/N-ethyl adjacent to an activating group) is 1. The molecule has 2 aromatic rings. The van der Waals surface area contributed by atoms with Gasteiger partial charge in [0.1, 0.15) is 0 Å². The van der Waals surface area contributed by atoms with Gasteiger partial charge in [0.25, 0.3) is 5.91 Å². The molecule has 0 saturated carbocycles. The zero-order chi connectivity index (χ0) is 16.6. The molecule has 1 atom stereocenters. The van der Waals surface area contributed by atoms with Crippen LogP contribution in [0.2, 0.25) is 0 Å². The molecule has 0 radical (unpaired) electrons. The third kappa shape index (κ3) is 2.86. The Balaban J connectivity index is 1.97. The molecule has 23 heavy (non-hydrogen) atoms. The van der Waals surface area contributed by atoms with E-state index in [0.29, 0.717) is 23.7 Å². The number of carbonyl (C=O) groups excluding carboxylic acids is 1. The van der Waals surface area contributed by atoms with Crippen molar-refractivity contribution in [3.8, 4) is 0 Å². The van der Waals surface area contributed by atoms with Crippen molar-refractivity contribution in [2.45, 2.75) is 19.9 Å². The van der Waals surface area contributed by atoms with Gasteiger partial charge in [-0.3, -0.25) is 4.79 Å². The van der Waals surface area contributed by atoms with E-state index in [-0.39, 0.29) is 17.6 Å². The molecule has 0 bridgehead atoms. The van der Waals surface area contributed by atoms with Crippen LogP contribution in [0, 0.1) is 5.92 Å². The van der Waals surface area contributed by atoms with E-state index in [4.69, 9.17) is 5.73 Å². The summed E-state index contributed by atoms with van der Waals surface area (Å²) in [6.45, 7) is 6.69. The highest BCUT2D eigenvalue weighted by Gasteiger charge is 2.33. The van der Waals surface area contributed by atoms with Gasteiger partial charge in [-0.15, -0.1) is 10.2 Å². The number of carbonyl (C=O) groups is 1. The monoisotopic (exact) mass is 313 g/mol. The molecule has 6 nitrogen and oxygen atoms in total. The maximum Gasteiger partial charge on any atom is 0.276 e. The van der Waals surface area contributed by atoms with E-state index >= 15 is 0 Å². The molecule has 122 valence electrons. The Hall–Kier alpha value is -2.21. The Morgan fingerprint density at radius 1 is 1.26 bits per heavy atom. The summed E-state index contributed by atoms with van der Waals surface area (Å²) in [6, 6.07) is 7.66. The van der Waals surface area contributed by atoms with Crippen molar-refractivity contribution in [1.82, 2.24) is 20.0 Å². The Kier molecular flexibility index (Phi) is 4.17. The average molecular weight is 313 g/mol. The molecule has 2 N–H and O–H groups in total. The summed E-state index contributed by atoms with van der Waals surface area (Å²) in [5.41, 5.74) is 7.61. The van der Waals surface area contributed by atoms with Gasteiger partial charge >= 0.3 is 0 Å². The molecule has 1 amide bonds. The van der Waals surface area contributed by atoms with Crippen molar-refractivity contribution >= 4 is 22.5 Å². The van der Waals surface area contributed by atoms with Crippen LogP contribution in [0.15, 0.2) is 24.3 Å². The molecule has 1 aliphatic rings. The minimum atomic E-state index is -0.118. The van der Waals surface area contributed by atoms with Crippen LogP contribution in [0.25, 0.3) is 10.9 Å². The summed E-state index contributed by atoms with van der Waals surface area (Å²) in [4.78, 5) is 17.2. The second kappa shape index (κ2) is 6.12. The van der Waals surface area contributed by atoms with Gasteiger partial charge in [0.2, 0.25) is 0 Å². The number of fused-ring (bicyclic) bond motifs is 1. The van der Waals surface area contributed by atoms with Crippen molar-refractivity contribution in [2.24, 2.45) is 5.92 Å². The highest BCUT2D eigenvalue weighted by Crippen LogP contribution is 2.24. The molecular formula is C17H23N5O. The van der Waals surface area contributed by atoms with Crippen LogP contribution in [0.5, 0.6) is 0 Å². The zero-order valence-electron chi connectivity index (χ0n) is 13.9. The SMILES string of the molecule is CC(C)[C@@H]1CN(C)CCN1C(=O)c1nnc2ccccc2c1N. The lowest BCUT2D eigenvalue weighted by Gasteiger charge is -2.42. The van der Waals surface area contributed by atoms with Crippen molar-refractivity contribution in [2.75, 3.05) is 32.4 Å². The van der Waals surface area contributed by atoms with Crippen molar-refractivity contribution in [1.29, 1.82) is 0 Å². The lowest BCUT2D eigenvalue weighted by atomic mass is 9.99. The van der Waals surface area contributed by atoms with E-state index in [1.165, 1.54) is 0 Å². The highest BCUT2D eigenvalue weighted by molar-refractivity contribution is 6.04. The second-order valence-corrected chi connectivity index (χ2v) is 6.55. The molecular weight excluding hydrogens is 290 g/mol. The van der Waals surface area contributed by atoms with Crippen molar-refractivity contribution in [3.05, 3.63) is 30.0 Å². The predicted octanol–water partition coefficient (Wildman–Crippen LogP) is 1.62. The first-order chi connectivity index (χ1) is 11.0. The molecule has 2 heterocycles. The number of rotatable bonds is 2. The van der Waals surface area contributed by atoms with Crippen LogP contribution in [0.4, 0.5) is 5.69 Å². The smallest absolute Gasteiger partial charge is 0.276 e. The van der Waals surface area contributed by atoms with E-state index in [1.54, 1.807) is 0 Å². The normalized spacial score (nSPS) is 19.5. The van der Waals surface area contributed by atoms with Gasteiger partial charge in [0, 0.05) is 31.1 Å². The number of piperazine rings is 1. The number of hydrogen-bond acceptors (Lipinski definition) is 5. The molecule has 1 aromatic carbocycles. The minimum absolute atomic E-state index is 0.118. The number of nitrogens with zero attached hydrogens (tertiary/aromatic N) is 4. The van der Waals surface area contributed by atoms with E-state index in [1.807, 2.05) is 29.2 Å². The summed E-state index contributed by atoms with van der Waals surface area (Å²) in [6.07, 6.45) is 0. The first kappa shape index (κ1) is 15.7. The molecule has 0 unspecified atom stereocenters. The summed E-state index contributed by atoms with van der Waals surface area (Å²) in [5.74, 6) is 0.254. The fourth-order valence-corrected chi connectivity index (χ4v) is 3.14. The number of anilines is 1. The summed E-state index contributed by atoms with van der Waals surface area (Å²) >= 11 is 0. The highest BCUT2D eigenvalue weighted by atomic mass is 16.2. The average Bonchev–Trinajstić information content (AvgIpc) is 2.55. The van der Waals surface area contributed by atoms with Crippen LogP contribution in [0.3, 0.4) is 0 Å². The molecule has 1 fully saturated rings. The quantitative estimate of drug-likeness (QED) is 0.912. The first-order valence-corrected chi connectivity index (χ1v) is 7.99. The number of benzene rings is 1. The minimum Gasteiger partial charge on any atom is -0.396 e. The lowest BCUT2D eigenvalue weighted by molar-refractivity contribution is 0.0397. The predicted molar refractivity (Wildman–Crippen MR) is 91.1 cm³/mol. The largest absolute Gasteiger partial charge is 0.396 e. The molecule has 3 rings (SSSR count). The van der Waals surface area contributed by atoms with Gasteiger partial charge in [-0.1, -0.05) is 32.0 Å². The third-order valence-corrected chi connectivity index (χ3v) is 4.56. The summed E-state index contributed by atoms with van der Waals surface area (Å²) in [5, 5.41) is 9.05. The number of nitrogens with two attached hydrogens (primary N) is 1. The standard InChI is InChI=1S/C17H23N5O/c1-11(2)14-10-21(3)8-9-22(14)17(23)16-15(18)12-6-4-5-7-13(12)19-20-16/h4-7,11,14H,8-10H2,1-3H3,(H2,18,19)/t14-/m0/s1. The van der Waals surface area contributed by atoms with Gasteiger partial charge in [-0.2, -0.15) is 0 Å². The lowest BCUT2D eigenvalue weighted by Crippen LogP contribution is -2.56. The summed E-state index contributed by atoms with van der Waals surface area (Å²) in [7, 11) is 2.08. The number of aromatic nitrogens is 2. The van der Waals surface area contributed by atoms with Crippen LogP contribution in [-0.4, -0.2) is 58.6 Å². The second-order valence-electron chi connectivity index (χ2n) is 6.55. The molecule has 1 aliphatic heterocycles. The fraction of sp³-hybridized carbons (Fsp3) is 0.471. The first-order valence-electron chi connectivity index (χ1n) is 7.99. The maximum atomic E-state index is 13.0. The number of nitrogen functional groups attached to an aromatic ring is 1. The topological polar surface area (TPSA) is 75.3 Å². The molecule has 6 heteroatoms. The van der Waals surface area contributed by atoms with E-state index in [2.05, 4.69) is 36.0 Å². The van der Waals surface area contributed by atoms with Gasteiger partial charge in [-0.05, 0) is 19.0 Å². The molecule has 1 saturated heterocycles. The van der Waals surface area contributed by atoms with Crippen molar-refractivity contribution < 1.29 is 4.79 Å².